The third-order valence-corrected chi connectivity index (χ3v) is 4.08. The predicted molar refractivity (Wildman–Crippen MR) is 99.1 cm³/mol. The summed E-state index contributed by atoms with van der Waals surface area (Å²) in [5.41, 5.74) is 1.11. The van der Waals surface area contributed by atoms with Crippen molar-refractivity contribution in [3.63, 3.8) is 0 Å². The molecule has 0 unspecified atom stereocenters. The monoisotopic (exact) mass is 370 g/mol. The Morgan fingerprint density at radius 3 is 2.54 bits per heavy atom. The number of nitro benzene ring substituents is 1. The molecule has 0 atom stereocenters. The maximum atomic E-state index is 12.9. The average Bonchev–Trinajstić information content (AvgIpc) is 3.02. The highest BCUT2D eigenvalue weighted by molar-refractivity contribution is 6.31. The van der Waals surface area contributed by atoms with Gasteiger partial charge >= 0.3 is 0 Å². The molecular formula is C18H15ClN4O3. The fourth-order valence-electron chi connectivity index (χ4n) is 2.61. The van der Waals surface area contributed by atoms with Gasteiger partial charge in [-0.25, -0.2) is 4.68 Å². The zero-order chi connectivity index (χ0) is 18.8. The van der Waals surface area contributed by atoms with E-state index in [4.69, 9.17) is 11.6 Å². The van der Waals surface area contributed by atoms with Crippen molar-refractivity contribution in [2.75, 3.05) is 11.9 Å². The van der Waals surface area contributed by atoms with E-state index in [0.29, 0.717) is 11.5 Å². The summed E-state index contributed by atoms with van der Waals surface area (Å²) in [4.78, 5) is 24.9. The minimum atomic E-state index is -0.600. The van der Waals surface area contributed by atoms with Crippen LogP contribution in [0, 0.1) is 17.0 Å². The summed E-state index contributed by atoms with van der Waals surface area (Å²) in [5, 5.41) is 15.9. The van der Waals surface area contributed by atoms with Crippen LogP contribution >= 0.6 is 11.6 Å². The topological polar surface area (TPSA) is 81.3 Å². The maximum Gasteiger partial charge on any atom is 0.282 e. The number of anilines is 1. The molecule has 2 aromatic carbocycles. The number of aryl methyl sites for hydroxylation is 1. The second-order valence-corrected chi connectivity index (χ2v) is 6.11. The SMILES string of the molecule is Cc1cc(N(C)C(=O)c2cc(Cl)ccc2[N+](=O)[O-])n(-c2ccccc2)n1. The fraction of sp³-hybridized carbons (Fsp3) is 0.111. The van der Waals surface area contributed by atoms with E-state index < -0.39 is 10.8 Å². The molecular weight excluding hydrogens is 356 g/mol. The lowest BCUT2D eigenvalue weighted by atomic mass is 10.1. The van der Waals surface area contributed by atoms with Crippen LogP contribution in [0.15, 0.2) is 54.6 Å². The number of benzene rings is 2. The number of nitro groups is 1. The van der Waals surface area contributed by atoms with Gasteiger partial charge in [0, 0.05) is 24.2 Å². The maximum absolute atomic E-state index is 12.9. The average molecular weight is 371 g/mol. The molecule has 0 aliphatic heterocycles. The summed E-state index contributed by atoms with van der Waals surface area (Å²) >= 11 is 5.94. The van der Waals surface area contributed by atoms with Gasteiger partial charge in [0.25, 0.3) is 11.6 Å². The number of para-hydroxylation sites is 1. The van der Waals surface area contributed by atoms with Gasteiger partial charge in [0.1, 0.15) is 11.4 Å². The molecule has 0 aliphatic rings. The molecule has 132 valence electrons. The Labute approximate surface area is 154 Å². The second kappa shape index (κ2) is 6.97. The van der Waals surface area contributed by atoms with Crippen LogP contribution in [0.5, 0.6) is 0 Å². The first kappa shape index (κ1) is 17.6. The Kier molecular flexibility index (Phi) is 4.73. The van der Waals surface area contributed by atoms with Crippen molar-refractivity contribution in [3.05, 3.63) is 81.0 Å². The molecule has 0 aliphatic carbocycles. The first-order valence-corrected chi connectivity index (χ1v) is 8.10. The summed E-state index contributed by atoms with van der Waals surface area (Å²) in [5.74, 6) is -0.0516. The van der Waals surface area contributed by atoms with Crippen LogP contribution in [-0.2, 0) is 0 Å². The molecule has 0 saturated carbocycles. The first-order chi connectivity index (χ1) is 12.4. The van der Waals surface area contributed by atoms with Gasteiger partial charge in [-0.15, -0.1) is 0 Å². The molecule has 7 nitrogen and oxygen atoms in total. The lowest BCUT2D eigenvalue weighted by Crippen LogP contribution is -2.29. The summed E-state index contributed by atoms with van der Waals surface area (Å²) in [6.45, 7) is 1.81. The van der Waals surface area contributed by atoms with Crippen LogP contribution in [0.25, 0.3) is 5.69 Å². The van der Waals surface area contributed by atoms with Crippen molar-refractivity contribution < 1.29 is 9.72 Å². The largest absolute Gasteiger partial charge is 0.295 e. The number of carbonyl (C=O) groups excluding carboxylic acids is 1. The van der Waals surface area contributed by atoms with Crippen molar-refractivity contribution >= 4 is 29.0 Å². The smallest absolute Gasteiger partial charge is 0.282 e. The van der Waals surface area contributed by atoms with Gasteiger partial charge in [0.15, 0.2) is 0 Å². The van der Waals surface area contributed by atoms with Crippen LogP contribution < -0.4 is 4.90 Å². The fourth-order valence-corrected chi connectivity index (χ4v) is 2.78. The van der Waals surface area contributed by atoms with Crippen LogP contribution in [-0.4, -0.2) is 27.7 Å². The quantitative estimate of drug-likeness (QED) is 0.513. The number of carbonyl (C=O) groups is 1. The number of nitrogens with zero attached hydrogens (tertiary/aromatic N) is 4. The van der Waals surface area contributed by atoms with Crippen LogP contribution in [0.1, 0.15) is 16.1 Å². The first-order valence-electron chi connectivity index (χ1n) is 7.72. The minimum Gasteiger partial charge on any atom is -0.295 e. The minimum absolute atomic E-state index is 0.0801. The molecule has 0 fully saturated rings. The molecule has 1 amide bonds. The van der Waals surface area contributed by atoms with Crippen molar-refractivity contribution in [2.24, 2.45) is 0 Å². The van der Waals surface area contributed by atoms with Crippen molar-refractivity contribution in [1.29, 1.82) is 0 Å². The van der Waals surface area contributed by atoms with Gasteiger partial charge in [-0.2, -0.15) is 5.10 Å². The van der Waals surface area contributed by atoms with Crippen LogP contribution in [0.2, 0.25) is 5.02 Å². The van der Waals surface area contributed by atoms with E-state index in [-0.39, 0.29) is 16.3 Å². The molecule has 0 radical (unpaired) electrons. The van der Waals surface area contributed by atoms with Gasteiger partial charge < -0.3 is 0 Å². The molecule has 0 bridgehead atoms. The standard InChI is InChI=1S/C18H15ClN4O3/c1-12-10-17(22(20-12)14-6-4-3-5-7-14)21(2)18(24)15-11-13(19)8-9-16(15)23(25)26/h3-11H,1-2H3. The number of aromatic nitrogens is 2. The van der Waals surface area contributed by atoms with E-state index in [9.17, 15) is 14.9 Å². The highest BCUT2D eigenvalue weighted by Crippen LogP contribution is 2.27. The normalized spacial score (nSPS) is 10.6. The van der Waals surface area contributed by atoms with Crippen molar-refractivity contribution in [2.45, 2.75) is 6.92 Å². The molecule has 26 heavy (non-hydrogen) atoms. The molecule has 0 saturated heterocycles. The molecule has 3 rings (SSSR count). The summed E-state index contributed by atoms with van der Waals surface area (Å²) in [6, 6.07) is 15.0. The zero-order valence-electron chi connectivity index (χ0n) is 14.1. The van der Waals surface area contributed by atoms with Gasteiger partial charge in [-0.1, -0.05) is 29.8 Å². The summed E-state index contributed by atoms with van der Waals surface area (Å²) in [7, 11) is 1.54. The third-order valence-electron chi connectivity index (χ3n) is 3.85. The van der Waals surface area contributed by atoms with E-state index in [0.717, 1.165) is 5.69 Å². The lowest BCUT2D eigenvalue weighted by molar-refractivity contribution is -0.385. The molecule has 8 heteroatoms. The Morgan fingerprint density at radius 2 is 1.88 bits per heavy atom. The summed E-state index contributed by atoms with van der Waals surface area (Å²) in [6.07, 6.45) is 0. The van der Waals surface area contributed by atoms with E-state index in [2.05, 4.69) is 5.10 Å². The number of hydrogen-bond donors (Lipinski definition) is 0. The Morgan fingerprint density at radius 1 is 1.19 bits per heavy atom. The van der Waals surface area contributed by atoms with E-state index in [1.54, 1.807) is 17.8 Å². The van der Waals surface area contributed by atoms with Gasteiger partial charge in [0.2, 0.25) is 0 Å². The summed E-state index contributed by atoms with van der Waals surface area (Å²) < 4.78 is 1.61. The van der Waals surface area contributed by atoms with Crippen molar-refractivity contribution in [3.8, 4) is 5.69 Å². The number of hydrogen-bond acceptors (Lipinski definition) is 4. The van der Waals surface area contributed by atoms with E-state index >= 15 is 0 Å². The molecule has 0 N–H and O–H groups in total. The number of rotatable bonds is 4. The molecule has 3 aromatic rings. The van der Waals surface area contributed by atoms with Crippen LogP contribution in [0.4, 0.5) is 11.5 Å². The second-order valence-electron chi connectivity index (χ2n) is 5.67. The van der Waals surface area contributed by atoms with Gasteiger partial charge in [-0.05, 0) is 31.2 Å². The highest BCUT2D eigenvalue weighted by atomic mass is 35.5. The Balaban J connectivity index is 2.06. The Bertz CT molecular complexity index is 985. The number of halogens is 1. The Hall–Kier alpha value is -3.19. The zero-order valence-corrected chi connectivity index (χ0v) is 14.8. The predicted octanol–water partition coefficient (Wildman–Crippen LogP) is 4.02. The van der Waals surface area contributed by atoms with Gasteiger partial charge in [0.05, 0.1) is 16.3 Å². The molecule has 1 heterocycles. The third kappa shape index (κ3) is 3.29. The van der Waals surface area contributed by atoms with Gasteiger partial charge in [-0.3, -0.25) is 19.8 Å². The van der Waals surface area contributed by atoms with Crippen LogP contribution in [0.3, 0.4) is 0 Å². The molecule has 0 spiro atoms. The number of amides is 1. The lowest BCUT2D eigenvalue weighted by Gasteiger charge is -2.18. The van der Waals surface area contributed by atoms with Crippen molar-refractivity contribution in [1.82, 2.24) is 9.78 Å². The van der Waals surface area contributed by atoms with E-state index in [1.165, 1.54) is 23.1 Å². The van der Waals surface area contributed by atoms with E-state index in [1.807, 2.05) is 37.3 Å². The molecule has 1 aromatic heterocycles. The highest BCUT2D eigenvalue weighted by Gasteiger charge is 2.26.